The Kier molecular flexibility index (Phi) is 1.66. The molecule has 1 N–H and O–H groups in total. The molecule has 0 saturated carbocycles. The Morgan fingerprint density at radius 1 is 1.56 bits per heavy atom. The molecule has 0 amide bonds. The van der Waals surface area contributed by atoms with Gasteiger partial charge in [-0.3, -0.25) is 5.32 Å². The smallest absolute Gasteiger partial charge is 0.284 e. The van der Waals surface area contributed by atoms with Crippen molar-refractivity contribution < 1.29 is 8.78 Å². The lowest BCUT2D eigenvalue weighted by Crippen LogP contribution is -2.21. The summed E-state index contributed by atoms with van der Waals surface area (Å²) in [6, 6.07) is 0. The number of aliphatic imine (C=N–C) groups is 1. The van der Waals surface area contributed by atoms with Gasteiger partial charge in [0.2, 0.25) is 5.95 Å². The van der Waals surface area contributed by atoms with Gasteiger partial charge in [-0.05, 0) is 0 Å². The van der Waals surface area contributed by atoms with E-state index in [9.17, 15) is 8.78 Å². The van der Waals surface area contributed by atoms with Crippen LogP contribution in [0.1, 0.15) is 0 Å². The molecule has 0 aromatic heterocycles. The third-order valence-corrected chi connectivity index (χ3v) is 1.09. The fourth-order valence-electron chi connectivity index (χ4n) is 0.406. The van der Waals surface area contributed by atoms with E-state index >= 15 is 0 Å². The molecule has 0 aromatic carbocycles. The van der Waals surface area contributed by atoms with Crippen molar-refractivity contribution in [3.05, 3.63) is 11.0 Å². The predicted octanol–water partition coefficient (Wildman–Crippen LogP) is 1.29. The van der Waals surface area contributed by atoms with Gasteiger partial charge in [0.25, 0.3) is 6.09 Å². The molecular formula is C4H3ClF2N2. The van der Waals surface area contributed by atoms with E-state index in [0.29, 0.717) is 0 Å². The van der Waals surface area contributed by atoms with E-state index in [2.05, 4.69) is 4.99 Å². The van der Waals surface area contributed by atoms with E-state index in [-0.39, 0.29) is 11.6 Å². The minimum absolute atomic E-state index is 0.101. The fourth-order valence-corrected chi connectivity index (χ4v) is 0.513. The average molecular weight is 153 g/mol. The lowest BCUT2D eigenvalue weighted by molar-refractivity contribution is 0.558. The largest absolute Gasteiger partial charge is 0.291 e. The number of hydrogen-bond acceptors (Lipinski definition) is 2. The van der Waals surface area contributed by atoms with E-state index in [1.165, 1.54) is 0 Å². The normalized spacial score (nSPS) is 19.2. The van der Waals surface area contributed by atoms with E-state index in [4.69, 9.17) is 11.6 Å². The summed E-state index contributed by atoms with van der Waals surface area (Å²) in [4.78, 5) is 3.17. The SMILES string of the molecule is FC1=NCC(Cl)=C(F)N1. The van der Waals surface area contributed by atoms with Gasteiger partial charge in [0.1, 0.15) is 0 Å². The van der Waals surface area contributed by atoms with Crippen LogP contribution in [0.5, 0.6) is 0 Å². The van der Waals surface area contributed by atoms with Crippen LogP contribution in [0.25, 0.3) is 0 Å². The lowest BCUT2D eigenvalue weighted by atomic mass is 10.5. The van der Waals surface area contributed by atoms with Gasteiger partial charge in [-0.1, -0.05) is 11.6 Å². The van der Waals surface area contributed by atoms with Gasteiger partial charge in [-0.2, -0.15) is 8.78 Å². The van der Waals surface area contributed by atoms with E-state index in [1.54, 1.807) is 5.32 Å². The van der Waals surface area contributed by atoms with Gasteiger partial charge in [0, 0.05) is 0 Å². The molecule has 1 aliphatic rings. The molecule has 0 saturated heterocycles. The molecule has 0 radical (unpaired) electrons. The highest BCUT2D eigenvalue weighted by molar-refractivity contribution is 6.30. The summed E-state index contributed by atoms with van der Waals surface area (Å²) in [6.07, 6.45) is -0.933. The molecule has 50 valence electrons. The lowest BCUT2D eigenvalue weighted by Gasteiger charge is -2.05. The molecular weight excluding hydrogens is 150 g/mol. The van der Waals surface area contributed by atoms with Crippen LogP contribution in [-0.4, -0.2) is 12.6 Å². The monoisotopic (exact) mass is 152 g/mol. The second-order valence-corrected chi connectivity index (χ2v) is 1.91. The molecule has 0 unspecified atom stereocenters. The van der Waals surface area contributed by atoms with Gasteiger partial charge in [0.05, 0.1) is 11.6 Å². The van der Waals surface area contributed by atoms with Gasteiger partial charge >= 0.3 is 0 Å². The van der Waals surface area contributed by atoms with Crippen LogP contribution in [0.3, 0.4) is 0 Å². The first kappa shape index (κ1) is 6.48. The third-order valence-electron chi connectivity index (χ3n) is 0.808. The van der Waals surface area contributed by atoms with Crippen LogP contribution in [0.2, 0.25) is 0 Å². The van der Waals surface area contributed by atoms with Crippen LogP contribution in [0.15, 0.2) is 16.0 Å². The Labute approximate surface area is 55.2 Å². The zero-order valence-corrected chi connectivity index (χ0v) is 5.04. The maximum Gasteiger partial charge on any atom is 0.284 e. The van der Waals surface area contributed by atoms with Crippen molar-refractivity contribution in [1.82, 2.24) is 5.32 Å². The number of hydrogen-bond donors (Lipinski definition) is 1. The number of amidine groups is 1. The summed E-state index contributed by atoms with van der Waals surface area (Å²) in [6.45, 7) is -0.119. The first-order valence-electron chi connectivity index (χ1n) is 2.21. The van der Waals surface area contributed by atoms with E-state index in [0.717, 1.165) is 0 Å². The van der Waals surface area contributed by atoms with Crippen molar-refractivity contribution in [2.45, 2.75) is 0 Å². The zero-order chi connectivity index (χ0) is 6.85. The molecule has 1 heterocycles. The Balaban J connectivity index is 2.70. The molecule has 0 bridgehead atoms. The van der Waals surface area contributed by atoms with Gasteiger partial charge in [-0.25, -0.2) is 4.99 Å². The molecule has 0 fully saturated rings. The summed E-state index contributed by atoms with van der Waals surface area (Å²) < 4.78 is 24.1. The zero-order valence-electron chi connectivity index (χ0n) is 4.29. The van der Waals surface area contributed by atoms with E-state index in [1.807, 2.05) is 0 Å². The molecule has 2 nitrogen and oxygen atoms in total. The quantitative estimate of drug-likeness (QED) is 0.520. The van der Waals surface area contributed by atoms with Crippen molar-refractivity contribution in [1.29, 1.82) is 0 Å². The van der Waals surface area contributed by atoms with Crippen molar-refractivity contribution in [2.24, 2.45) is 4.99 Å². The van der Waals surface area contributed by atoms with Crippen LogP contribution < -0.4 is 5.32 Å². The molecule has 0 spiro atoms. The minimum atomic E-state index is -0.933. The van der Waals surface area contributed by atoms with Crippen molar-refractivity contribution in [2.75, 3.05) is 6.54 Å². The number of halogens is 3. The summed E-state index contributed by atoms with van der Waals surface area (Å²) in [7, 11) is 0. The molecule has 9 heavy (non-hydrogen) atoms. The van der Waals surface area contributed by atoms with Gasteiger partial charge in [-0.15, -0.1) is 0 Å². The first-order valence-corrected chi connectivity index (χ1v) is 2.59. The van der Waals surface area contributed by atoms with Gasteiger partial charge < -0.3 is 0 Å². The topological polar surface area (TPSA) is 24.4 Å². The Morgan fingerprint density at radius 2 is 2.22 bits per heavy atom. The maximum atomic E-state index is 12.1. The Hall–Kier alpha value is -0.640. The van der Waals surface area contributed by atoms with Crippen LogP contribution in [0.4, 0.5) is 8.78 Å². The van der Waals surface area contributed by atoms with Crippen LogP contribution in [-0.2, 0) is 0 Å². The fraction of sp³-hybridized carbons (Fsp3) is 0.250. The summed E-state index contributed by atoms with van der Waals surface area (Å²) in [5.41, 5.74) is 0. The molecule has 0 aliphatic carbocycles. The molecule has 0 atom stereocenters. The van der Waals surface area contributed by atoms with Gasteiger partial charge in [0.15, 0.2) is 0 Å². The maximum absolute atomic E-state index is 12.1. The number of nitrogens with one attached hydrogen (secondary N) is 1. The Bertz CT molecular complexity index is 187. The van der Waals surface area contributed by atoms with Crippen molar-refractivity contribution in [3.63, 3.8) is 0 Å². The second kappa shape index (κ2) is 2.31. The number of rotatable bonds is 0. The standard InChI is InChI=1S/C4H3ClF2N2/c5-2-1-8-4(7)9-3(2)6/h1H2,(H,8,9). The highest BCUT2D eigenvalue weighted by Crippen LogP contribution is 2.12. The van der Waals surface area contributed by atoms with Crippen LogP contribution >= 0.6 is 11.6 Å². The second-order valence-electron chi connectivity index (χ2n) is 1.45. The Morgan fingerprint density at radius 3 is 2.67 bits per heavy atom. The highest BCUT2D eigenvalue weighted by Gasteiger charge is 2.11. The van der Waals surface area contributed by atoms with Crippen molar-refractivity contribution >= 4 is 17.7 Å². The minimum Gasteiger partial charge on any atom is -0.291 e. The summed E-state index contributed by atoms with van der Waals surface area (Å²) >= 11 is 5.20. The van der Waals surface area contributed by atoms with Crippen LogP contribution in [0, 0.1) is 0 Å². The molecule has 1 aliphatic heterocycles. The number of nitrogens with zero attached hydrogens (tertiary/aromatic N) is 1. The first-order chi connectivity index (χ1) is 4.20. The summed E-state index contributed by atoms with van der Waals surface area (Å²) in [5, 5.41) is 1.59. The van der Waals surface area contributed by atoms with Crippen molar-refractivity contribution in [3.8, 4) is 0 Å². The third kappa shape index (κ3) is 1.38. The highest BCUT2D eigenvalue weighted by atomic mass is 35.5. The van der Waals surface area contributed by atoms with E-state index < -0.39 is 12.0 Å². The summed E-state index contributed by atoms with van der Waals surface area (Å²) in [5.74, 6) is -0.857. The molecule has 0 aromatic rings. The molecule has 5 heteroatoms. The molecule has 1 rings (SSSR count). The average Bonchev–Trinajstić information content (AvgIpc) is 1.80. The predicted molar refractivity (Wildman–Crippen MR) is 30.5 cm³/mol.